The topological polar surface area (TPSA) is 59.1 Å². The van der Waals surface area contributed by atoms with E-state index in [9.17, 15) is 13.2 Å². The molecule has 1 aromatic carbocycles. The van der Waals surface area contributed by atoms with Gasteiger partial charge in [0.25, 0.3) is 0 Å². The molecule has 22 heavy (non-hydrogen) atoms. The van der Waals surface area contributed by atoms with Crippen LogP contribution in [0, 0.1) is 0 Å². The van der Waals surface area contributed by atoms with E-state index in [2.05, 4.69) is 20.6 Å². The maximum absolute atomic E-state index is 12.9. The molecule has 0 aliphatic carbocycles. The van der Waals surface area contributed by atoms with Gasteiger partial charge in [0, 0.05) is 24.4 Å². The number of hydrogen-bond acceptors (Lipinski definition) is 5. The van der Waals surface area contributed by atoms with Crippen molar-refractivity contribution < 1.29 is 17.9 Å². The predicted octanol–water partition coefficient (Wildman–Crippen LogP) is 3.68. The van der Waals surface area contributed by atoms with Crippen LogP contribution in [0.3, 0.4) is 0 Å². The van der Waals surface area contributed by atoms with Crippen LogP contribution in [-0.2, 0) is 6.18 Å². The van der Waals surface area contributed by atoms with E-state index in [0.29, 0.717) is 18.0 Å². The number of alkyl halides is 3. The van der Waals surface area contributed by atoms with Gasteiger partial charge in [-0.1, -0.05) is 6.07 Å². The normalized spacial score (nSPS) is 11.1. The van der Waals surface area contributed by atoms with Gasteiger partial charge in [-0.2, -0.15) is 18.2 Å². The molecule has 5 nitrogen and oxygen atoms in total. The maximum Gasteiger partial charge on any atom is 0.433 e. The van der Waals surface area contributed by atoms with Gasteiger partial charge in [-0.3, -0.25) is 0 Å². The molecule has 0 amide bonds. The van der Waals surface area contributed by atoms with Crippen molar-refractivity contribution in [2.75, 3.05) is 24.3 Å². The van der Waals surface area contributed by atoms with Crippen LogP contribution < -0.4 is 15.4 Å². The molecular weight excluding hydrogens is 297 g/mol. The monoisotopic (exact) mass is 312 g/mol. The van der Waals surface area contributed by atoms with Crippen molar-refractivity contribution in [1.82, 2.24) is 9.97 Å². The highest BCUT2D eigenvalue weighted by Crippen LogP contribution is 2.30. The number of ether oxygens (including phenoxy) is 1. The van der Waals surface area contributed by atoms with Crippen LogP contribution in [0.4, 0.5) is 30.6 Å². The number of hydrogen-bond donors (Lipinski definition) is 2. The van der Waals surface area contributed by atoms with E-state index in [4.69, 9.17) is 4.74 Å². The van der Waals surface area contributed by atoms with E-state index < -0.39 is 11.9 Å². The number of benzene rings is 1. The van der Waals surface area contributed by atoms with Crippen molar-refractivity contribution in [2.45, 2.75) is 13.1 Å². The van der Waals surface area contributed by atoms with Crippen LogP contribution >= 0.6 is 0 Å². The summed E-state index contributed by atoms with van der Waals surface area (Å²) in [6, 6.07) is 7.67. The third-order valence-corrected chi connectivity index (χ3v) is 2.69. The first-order chi connectivity index (χ1) is 10.4. The minimum absolute atomic E-state index is 0.0477. The van der Waals surface area contributed by atoms with Crippen molar-refractivity contribution in [3.8, 4) is 5.75 Å². The number of anilines is 3. The summed E-state index contributed by atoms with van der Waals surface area (Å²) in [6.45, 7) is 2.17. The Hall–Kier alpha value is -2.51. The molecule has 2 aromatic rings. The molecule has 2 rings (SSSR count). The number of nitrogens with one attached hydrogen (secondary N) is 2. The lowest BCUT2D eigenvalue weighted by Gasteiger charge is -2.12. The highest BCUT2D eigenvalue weighted by Gasteiger charge is 2.33. The molecule has 0 radical (unpaired) electrons. The summed E-state index contributed by atoms with van der Waals surface area (Å²) < 4.78 is 43.7. The van der Waals surface area contributed by atoms with Crippen LogP contribution in [0.1, 0.15) is 12.6 Å². The van der Waals surface area contributed by atoms with Gasteiger partial charge in [0.2, 0.25) is 5.95 Å². The number of halogens is 3. The summed E-state index contributed by atoms with van der Waals surface area (Å²) in [5.74, 6) is 0.552. The Morgan fingerprint density at radius 2 is 1.95 bits per heavy atom. The van der Waals surface area contributed by atoms with Crippen molar-refractivity contribution in [2.24, 2.45) is 0 Å². The molecule has 0 aliphatic rings. The smallest absolute Gasteiger partial charge is 0.433 e. The first-order valence-corrected chi connectivity index (χ1v) is 6.53. The van der Waals surface area contributed by atoms with Crippen LogP contribution in [-0.4, -0.2) is 23.6 Å². The second kappa shape index (κ2) is 6.50. The predicted molar refractivity (Wildman–Crippen MR) is 77.5 cm³/mol. The van der Waals surface area contributed by atoms with Gasteiger partial charge >= 0.3 is 6.18 Å². The molecule has 0 saturated heterocycles. The molecule has 8 heteroatoms. The molecule has 1 aromatic heterocycles. The van der Waals surface area contributed by atoms with E-state index in [1.54, 1.807) is 31.2 Å². The maximum atomic E-state index is 12.9. The highest BCUT2D eigenvalue weighted by atomic mass is 19.4. The van der Waals surface area contributed by atoms with Crippen LogP contribution in [0.5, 0.6) is 5.75 Å². The average Bonchev–Trinajstić information content (AvgIpc) is 2.46. The molecule has 1 heterocycles. The van der Waals surface area contributed by atoms with E-state index in [0.717, 1.165) is 6.07 Å². The second-order valence-electron chi connectivity index (χ2n) is 4.35. The average molecular weight is 312 g/mol. The number of rotatable bonds is 5. The number of aromatic nitrogens is 2. The fraction of sp³-hybridized carbons (Fsp3) is 0.286. The Kier molecular flexibility index (Phi) is 4.69. The second-order valence-corrected chi connectivity index (χ2v) is 4.35. The minimum atomic E-state index is -4.54. The summed E-state index contributed by atoms with van der Waals surface area (Å²) in [7, 11) is 1.51. The Morgan fingerprint density at radius 3 is 2.59 bits per heavy atom. The SMILES string of the molecule is CCNc1nc(Nc2cccc(OC)c2)cc(C(F)(F)F)n1. The molecule has 0 aliphatic heterocycles. The lowest BCUT2D eigenvalue weighted by molar-refractivity contribution is -0.141. The summed E-state index contributed by atoms with van der Waals surface area (Å²) in [6.07, 6.45) is -4.54. The van der Waals surface area contributed by atoms with Crippen molar-refractivity contribution >= 4 is 17.5 Å². The van der Waals surface area contributed by atoms with Crippen LogP contribution in [0.25, 0.3) is 0 Å². The number of nitrogens with zero attached hydrogens (tertiary/aromatic N) is 2. The first kappa shape index (κ1) is 15.9. The zero-order chi connectivity index (χ0) is 16.2. The molecule has 2 N–H and O–H groups in total. The standard InChI is InChI=1S/C14H15F3N4O/c1-3-18-13-20-11(14(15,16)17)8-12(21-13)19-9-5-4-6-10(7-9)22-2/h4-8H,3H2,1-2H3,(H2,18,19,20,21). The van der Waals surface area contributed by atoms with Gasteiger partial charge in [-0.25, -0.2) is 4.98 Å². The van der Waals surface area contributed by atoms with Gasteiger partial charge in [-0.15, -0.1) is 0 Å². The molecule has 0 spiro atoms. The van der Waals surface area contributed by atoms with Gasteiger partial charge in [0.1, 0.15) is 11.6 Å². The Bertz CT molecular complexity index is 646. The molecule has 0 unspecified atom stereocenters. The van der Waals surface area contributed by atoms with E-state index >= 15 is 0 Å². The minimum Gasteiger partial charge on any atom is -0.497 e. The van der Waals surface area contributed by atoms with Gasteiger partial charge in [0.15, 0.2) is 5.69 Å². The lowest BCUT2D eigenvalue weighted by atomic mass is 10.3. The van der Waals surface area contributed by atoms with Gasteiger partial charge in [-0.05, 0) is 19.1 Å². The summed E-state index contributed by atoms with van der Waals surface area (Å²) in [5.41, 5.74) is -0.447. The first-order valence-electron chi connectivity index (χ1n) is 6.53. The summed E-state index contributed by atoms with van der Waals surface area (Å²) in [4.78, 5) is 7.47. The quantitative estimate of drug-likeness (QED) is 0.882. The Morgan fingerprint density at radius 1 is 1.18 bits per heavy atom. The third kappa shape index (κ3) is 4.00. The Labute approximate surface area is 125 Å². The Balaban J connectivity index is 2.34. The molecule has 0 saturated carbocycles. The van der Waals surface area contributed by atoms with E-state index in [1.165, 1.54) is 7.11 Å². The van der Waals surface area contributed by atoms with Gasteiger partial charge < -0.3 is 15.4 Å². The van der Waals surface area contributed by atoms with Crippen molar-refractivity contribution in [3.05, 3.63) is 36.0 Å². The van der Waals surface area contributed by atoms with Crippen LogP contribution in [0.15, 0.2) is 30.3 Å². The molecule has 0 fully saturated rings. The van der Waals surface area contributed by atoms with E-state index in [-0.39, 0.29) is 11.8 Å². The van der Waals surface area contributed by atoms with E-state index in [1.807, 2.05) is 0 Å². The third-order valence-electron chi connectivity index (χ3n) is 2.69. The van der Waals surface area contributed by atoms with Gasteiger partial charge in [0.05, 0.1) is 7.11 Å². The summed E-state index contributed by atoms with van der Waals surface area (Å²) >= 11 is 0. The zero-order valence-corrected chi connectivity index (χ0v) is 12.0. The largest absolute Gasteiger partial charge is 0.497 e. The van der Waals surface area contributed by atoms with Crippen LogP contribution in [0.2, 0.25) is 0 Å². The molecular formula is C14H15F3N4O. The molecule has 0 bridgehead atoms. The molecule has 0 atom stereocenters. The molecule has 118 valence electrons. The number of methoxy groups -OCH3 is 1. The fourth-order valence-corrected chi connectivity index (χ4v) is 1.74. The summed E-state index contributed by atoms with van der Waals surface area (Å²) in [5, 5.41) is 5.50. The lowest BCUT2D eigenvalue weighted by Crippen LogP contribution is -2.13. The zero-order valence-electron chi connectivity index (χ0n) is 12.0. The van der Waals surface area contributed by atoms with Crippen molar-refractivity contribution in [3.63, 3.8) is 0 Å². The fourth-order valence-electron chi connectivity index (χ4n) is 1.74. The van der Waals surface area contributed by atoms with Crippen molar-refractivity contribution in [1.29, 1.82) is 0 Å². The highest BCUT2D eigenvalue weighted by molar-refractivity contribution is 5.59.